The lowest BCUT2D eigenvalue weighted by atomic mass is 9.96. The molecule has 1 rings (SSSR count). The van der Waals surface area contributed by atoms with Crippen LogP contribution in [0.3, 0.4) is 0 Å². The van der Waals surface area contributed by atoms with Gasteiger partial charge < -0.3 is 10.4 Å². The Morgan fingerprint density at radius 2 is 2.20 bits per heavy atom. The van der Waals surface area contributed by atoms with Gasteiger partial charge in [0, 0.05) is 0 Å². The molecule has 0 spiro atoms. The van der Waals surface area contributed by atoms with E-state index in [1.165, 1.54) is 0 Å². The third-order valence-electron chi connectivity index (χ3n) is 3.18. The Morgan fingerprint density at radius 3 is 2.60 bits per heavy atom. The molecule has 2 atom stereocenters. The van der Waals surface area contributed by atoms with E-state index in [9.17, 15) is 9.90 Å². The van der Waals surface area contributed by atoms with Crippen molar-refractivity contribution in [1.29, 1.82) is 0 Å². The van der Waals surface area contributed by atoms with Crippen LogP contribution in [0.1, 0.15) is 40.5 Å². The Morgan fingerprint density at radius 1 is 1.60 bits per heavy atom. The van der Waals surface area contributed by atoms with Crippen molar-refractivity contribution in [2.45, 2.75) is 56.9 Å². The molecular formula is C11H21NO2S. The molecule has 1 heterocycles. The highest BCUT2D eigenvalue weighted by Gasteiger charge is 2.40. The van der Waals surface area contributed by atoms with Gasteiger partial charge in [-0.05, 0) is 46.3 Å². The number of hydrogen-bond donors (Lipinski definition) is 2. The zero-order chi connectivity index (χ0) is 11.7. The van der Waals surface area contributed by atoms with Gasteiger partial charge in [0.25, 0.3) is 0 Å². The SMILES string of the molecule is CC(O)C(C)(C)NC(=O)C1(C)CCCS1. The van der Waals surface area contributed by atoms with Gasteiger partial charge in [-0.3, -0.25) is 4.79 Å². The number of rotatable bonds is 3. The first-order chi connectivity index (χ1) is 6.78. The molecular weight excluding hydrogens is 210 g/mol. The van der Waals surface area contributed by atoms with E-state index in [1.54, 1.807) is 18.7 Å². The molecule has 0 aromatic carbocycles. The molecule has 4 heteroatoms. The minimum atomic E-state index is -0.552. The van der Waals surface area contributed by atoms with E-state index in [0.717, 1.165) is 18.6 Å². The van der Waals surface area contributed by atoms with Crippen LogP contribution in [0.15, 0.2) is 0 Å². The number of carbonyl (C=O) groups is 1. The second-order valence-electron chi connectivity index (χ2n) is 5.03. The maximum atomic E-state index is 12.0. The molecule has 1 aliphatic heterocycles. The number of hydrogen-bond acceptors (Lipinski definition) is 3. The van der Waals surface area contributed by atoms with Gasteiger partial charge in [0.2, 0.25) is 5.91 Å². The minimum absolute atomic E-state index is 0.0518. The van der Waals surface area contributed by atoms with Crippen molar-refractivity contribution in [3.8, 4) is 0 Å². The molecule has 1 aliphatic rings. The number of nitrogens with one attached hydrogen (secondary N) is 1. The van der Waals surface area contributed by atoms with Crippen LogP contribution in [0.25, 0.3) is 0 Å². The first-order valence-electron chi connectivity index (χ1n) is 5.42. The van der Waals surface area contributed by atoms with Gasteiger partial charge in [-0.25, -0.2) is 0 Å². The van der Waals surface area contributed by atoms with Crippen LogP contribution in [-0.2, 0) is 4.79 Å². The Balaban J connectivity index is 2.62. The van der Waals surface area contributed by atoms with E-state index in [1.807, 2.05) is 20.8 Å². The lowest BCUT2D eigenvalue weighted by molar-refractivity contribution is -0.126. The van der Waals surface area contributed by atoms with Crippen molar-refractivity contribution in [2.75, 3.05) is 5.75 Å². The van der Waals surface area contributed by atoms with E-state index in [-0.39, 0.29) is 10.7 Å². The van der Waals surface area contributed by atoms with Gasteiger partial charge >= 0.3 is 0 Å². The van der Waals surface area contributed by atoms with Crippen molar-refractivity contribution in [3.63, 3.8) is 0 Å². The quantitative estimate of drug-likeness (QED) is 0.775. The van der Waals surface area contributed by atoms with Crippen molar-refractivity contribution < 1.29 is 9.90 Å². The number of thioether (sulfide) groups is 1. The Labute approximate surface area is 96.0 Å². The highest BCUT2D eigenvalue weighted by Crippen LogP contribution is 2.38. The molecule has 1 fully saturated rings. The van der Waals surface area contributed by atoms with E-state index in [0.29, 0.717) is 0 Å². The van der Waals surface area contributed by atoms with Crippen LogP contribution in [0.2, 0.25) is 0 Å². The number of aliphatic hydroxyl groups is 1. The highest BCUT2D eigenvalue weighted by atomic mass is 32.2. The maximum Gasteiger partial charge on any atom is 0.236 e. The summed E-state index contributed by atoms with van der Waals surface area (Å²) in [7, 11) is 0. The summed E-state index contributed by atoms with van der Waals surface area (Å²) >= 11 is 1.71. The molecule has 88 valence electrons. The molecule has 0 saturated carbocycles. The van der Waals surface area contributed by atoms with Crippen LogP contribution in [0, 0.1) is 0 Å². The lowest BCUT2D eigenvalue weighted by Gasteiger charge is -2.33. The molecule has 1 amide bonds. The Hall–Kier alpha value is -0.220. The summed E-state index contributed by atoms with van der Waals surface area (Å²) in [5.74, 6) is 1.11. The minimum Gasteiger partial charge on any atom is -0.391 e. The predicted molar refractivity (Wildman–Crippen MR) is 64.0 cm³/mol. The predicted octanol–water partition coefficient (Wildman–Crippen LogP) is 1.55. The zero-order valence-corrected chi connectivity index (χ0v) is 10.8. The topological polar surface area (TPSA) is 49.3 Å². The largest absolute Gasteiger partial charge is 0.391 e. The monoisotopic (exact) mass is 231 g/mol. The molecule has 0 bridgehead atoms. The van der Waals surface area contributed by atoms with Crippen molar-refractivity contribution in [1.82, 2.24) is 5.32 Å². The molecule has 0 aromatic rings. The number of amides is 1. The van der Waals surface area contributed by atoms with Gasteiger partial charge in [-0.15, -0.1) is 11.8 Å². The van der Waals surface area contributed by atoms with Crippen LogP contribution in [-0.4, -0.2) is 33.2 Å². The van der Waals surface area contributed by atoms with Crippen LogP contribution < -0.4 is 5.32 Å². The maximum absolute atomic E-state index is 12.0. The molecule has 0 aliphatic carbocycles. The smallest absolute Gasteiger partial charge is 0.236 e. The molecule has 2 N–H and O–H groups in total. The van der Waals surface area contributed by atoms with Gasteiger partial charge in [-0.2, -0.15) is 0 Å². The standard InChI is InChI=1S/C11H21NO2S/c1-8(13)10(2,3)12-9(14)11(4)6-5-7-15-11/h8,13H,5-7H2,1-4H3,(H,12,14). The van der Waals surface area contributed by atoms with E-state index in [4.69, 9.17) is 0 Å². The van der Waals surface area contributed by atoms with Gasteiger partial charge in [0.1, 0.15) is 0 Å². The fraction of sp³-hybridized carbons (Fsp3) is 0.909. The summed E-state index contributed by atoms with van der Waals surface area (Å²) in [5, 5.41) is 12.5. The van der Waals surface area contributed by atoms with Gasteiger partial charge in [0.15, 0.2) is 0 Å². The lowest BCUT2D eigenvalue weighted by Crippen LogP contribution is -2.55. The molecule has 0 aromatic heterocycles. The van der Waals surface area contributed by atoms with Crippen molar-refractivity contribution in [2.24, 2.45) is 0 Å². The first-order valence-corrected chi connectivity index (χ1v) is 6.41. The van der Waals surface area contributed by atoms with Gasteiger partial charge in [-0.1, -0.05) is 0 Å². The summed E-state index contributed by atoms with van der Waals surface area (Å²) in [6, 6.07) is 0. The van der Waals surface area contributed by atoms with Crippen LogP contribution >= 0.6 is 11.8 Å². The van der Waals surface area contributed by atoms with E-state index in [2.05, 4.69) is 5.32 Å². The summed E-state index contributed by atoms with van der Waals surface area (Å²) in [6.07, 6.45) is 1.49. The second-order valence-corrected chi connectivity index (χ2v) is 6.63. The van der Waals surface area contributed by atoms with Crippen LogP contribution in [0.4, 0.5) is 0 Å². The normalized spacial score (nSPS) is 28.9. The van der Waals surface area contributed by atoms with Crippen molar-refractivity contribution in [3.05, 3.63) is 0 Å². The Bertz CT molecular complexity index is 245. The molecule has 1 saturated heterocycles. The van der Waals surface area contributed by atoms with Crippen LogP contribution in [0.5, 0.6) is 0 Å². The molecule has 0 radical (unpaired) electrons. The van der Waals surface area contributed by atoms with E-state index >= 15 is 0 Å². The highest BCUT2D eigenvalue weighted by molar-refractivity contribution is 8.01. The second kappa shape index (κ2) is 4.34. The Kier molecular flexibility index (Phi) is 3.71. The summed E-state index contributed by atoms with van der Waals surface area (Å²) in [6.45, 7) is 7.37. The number of carbonyl (C=O) groups excluding carboxylic acids is 1. The third-order valence-corrected chi connectivity index (χ3v) is 4.70. The van der Waals surface area contributed by atoms with E-state index < -0.39 is 11.6 Å². The summed E-state index contributed by atoms with van der Waals surface area (Å²) < 4.78 is -0.299. The summed E-state index contributed by atoms with van der Waals surface area (Å²) in [5.41, 5.74) is -0.552. The fourth-order valence-electron chi connectivity index (χ4n) is 1.49. The molecule has 15 heavy (non-hydrogen) atoms. The van der Waals surface area contributed by atoms with Gasteiger partial charge in [0.05, 0.1) is 16.4 Å². The fourth-order valence-corrected chi connectivity index (χ4v) is 2.70. The third kappa shape index (κ3) is 2.88. The first kappa shape index (κ1) is 12.8. The number of aliphatic hydroxyl groups excluding tert-OH is 1. The zero-order valence-electron chi connectivity index (χ0n) is 9.96. The van der Waals surface area contributed by atoms with Crippen molar-refractivity contribution >= 4 is 17.7 Å². The average Bonchev–Trinajstić information content (AvgIpc) is 2.52. The summed E-state index contributed by atoms with van der Waals surface area (Å²) in [4.78, 5) is 12.0. The average molecular weight is 231 g/mol. The molecule has 2 unspecified atom stereocenters. The molecule has 3 nitrogen and oxygen atoms in total.